The maximum atomic E-state index is 4.43. The highest BCUT2D eigenvalue weighted by Gasteiger charge is 2.07. The number of likely N-dealkylation sites (N-methyl/N-ethyl adjacent to an activating group) is 1. The molecule has 0 aliphatic carbocycles. The number of fused-ring (bicyclic) bond motifs is 3. The van der Waals surface area contributed by atoms with Gasteiger partial charge in [0.15, 0.2) is 0 Å². The lowest BCUT2D eigenvalue weighted by atomic mass is 10.2. The van der Waals surface area contributed by atoms with Crippen LogP contribution >= 0.6 is 0 Å². The highest BCUT2D eigenvalue weighted by atomic mass is 15.1. The van der Waals surface area contributed by atoms with Gasteiger partial charge in [0.1, 0.15) is 5.52 Å². The first-order valence-electron chi connectivity index (χ1n) is 6.09. The van der Waals surface area contributed by atoms with E-state index >= 15 is 0 Å². The molecule has 4 heteroatoms. The van der Waals surface area contributed by atoms with Gasteiger partial charge in [0.2, 0.25) is 0 Å². The number of benzene rings is 1. The topological polar surface area (TPSA) is 34.0 Å². The Morgan fingerprint density at radius 3 is 2.78 bits per heavy atom. The Balaban J connectivity index is 2.17. The molecular formula is C14H16N4. The summed E-state index contributed by atoms with van der Waals surface area (Å²) in [6.45, 7) is 1.94. The predicted octanol–water partition coefficient (Wildman–Crippen LogP) is 2.15. The van der Waals surface area contributed by atoms with E-state index in [0.717, 1.165) is 24.1 Å². The molecule has 2 aromatic heterocycles. The third-order valence-corrected chi connectivity index (χ3v) is 3.14. The van der Waals surface area contributed by atoms with E-state index in [2.05, 4.69) is 39.6 Å². The van der Waals surface area contributed by atoms with Crippen LogP contribution in [0.15, 0.2) is 36.8 Å². The number of aromatic nitrogens is 3. The van der Waals surface area contributed by atoms with Gasteiger partial charge >= 0.3 is 0 Å². The molecule has 0 saturated carbocycles. The van der Waals surface area contributed by atoms with Gasteiger partial charge in [0, 0.05) is 18.5 Å². The molecule has 0 fully saturated rings. The molecule has 4 nitrogen and oxygen atoms in total. The van der Waals surface area contributed by atoms with Crippen molar-refractivity contribution >= 4 is 21.9 Å². The fourth-order valence-electron chi connectivity index (χ4n) is 2.18. The van der Waals surface area contributed by atoms with Crippen molar-refractivity contribution < 1.29 is 0 Å². The van der Waals surface area contributed by atoms with Crippen LogP contribution in [0.2, 0.25) is 0 Å². The molecule has 92 valence electrons. The van der Waals surface area contributed by atoms with E-state index in [9.17, 15) is 0 Å². The summed E-state index contributed by atoms with van der Waals surface area (Å²) in [6, 6.07) is 8.21. The number of nitrogens with zero attached hydrogens (tertiary/aromatic N) is 4. The molecule has 0 saturated heterocycles. The van der Waals surface area contributed by atoms with Gasteiger partial charge in [-0.1, -0.05) is 18.2 Å². The van der Waals surface area contributed by atoms with E-state index < -0.39 is 0 Å². The van der Waals surface area contributed by atoms with E-state index in [1.807, 2.05) is 30.7 Å². The average molecular weight is 240 g/mol. The molecule has 2 heterocycles. The summed E-state index contributed by atoms with van der Waals surface area (Å²) in [5.74, 6) is 0. The van der Waals surface area contributed by atoms with Crippen LogP contribution in [-0.4, -0.2) is 40.1 Å². The summed E-state index contributed by atoms with van der Waals surface area (Å²) >= 11 is 0. The Morgan fingerprint density at radius 2 is 1.94 bits per heavy atom. The number of imidazole rings is 1. The Hall–Kier alpha value is -1.94. The summed E-state index contributed by atoms with van der Waals surface area (Å²) in [4.78, 5) is 11.0. The molecule has 0 radical (unpaired) electrons. The molecule has 0 atom stereocenters. The number of hydrogen-bond acceptors (Lipinski definition) is 3. The molecule has 1 aromatic carbocycles. The lowest BCUT2D eigenvalue weighted by molar-refractivity contribution is 0.386. The van der Waals surface area contributed by atoms with Crippen LogP contribution in [0.4, 0.5) is 0 Å². The van der Waals surface area contributed by atoms with E-state index in [4.69, 9.17) is 0 Å². The minimum absolute atomic E-state index is 0.942. The third kappa shape index (κ3) is 1.84. The van der Waals surface area contributed by atoms with Crippen LogP contribution in [0.3, 0.4) is 0 Å². The van der Waals surface area contributed by atoms with Crippen LogP contribution in [0.25, 0.3) is 21.9 Å². The Morgan fingerprint density at radius 1 is 1.11 bits per heavy atom. The van der Waals surface area contributed by atoms with Gasteiger partial charge < -0.3 is 9.47 Å². The standard InChI is InChI=1S/C14H16N4/c1-17(2)7-8-18-10-16-13-9-15-12-6-4-3-5-11(12)14(13)18/h3-6,9-10H,7-8H2,1-2H3. The first-order valence-corrected chi connectivity index (χ1v) is 6.09. The molecule has 0 unspecified atom stereocenters. The van der Waals surface area contributed by atoms with Crippen LogP contribution in [-0.2, 0) is 6.54 Å². The predicted molar refractivity (Wildman–Crippen MR) is 73.6 cm³/mol. The van der Waals surface area contributed by atoms with Crippen molar-refractivity contribution in [3.8, 4) is 0 Å². The van der Waals surface area contributed by atoms with Crippen molar-refractivity contribution in [2.75, 3.05) is 20.6 Å². The molecule has 0 aliphatic rings. The molecular weight excluding hydrogens is 224 g/mol. The molecule has 18 heavy (non-hydrogen) atoms. The highest BCUT2D eigenvalue weighted by Crippen LogP contribution is 2.22. The zero-order valence-corrected chi connectivity index (χ0v) is 10.7. The minimum atomic E-state index is 0.942. The Kier molecular flexibility index (Phi) is 2.72. The van der Waals surface area contributed by atoms with E-state index in [0.29, 0.717) is 0 Å². The minimum Gasteiger partial charge on any atom is -0.329 e. The van der Waals surface area contributed by atoms with Gasteiger partial charge in [-0.25, -0.2) is 4.98 Å². The second-order valence-electron chi connectivity index (χ2n) is 4.75. The molecule has 0 spiro atoms. The lowest BCUT2D eigenvalue weighted by Gasteiger charge is -2.11. The van der Waals surface area contributed by atoms with Crippen molar-refractivity contribution in [2.45, 2.75) is 6.54 Å². The van der Waals surface area contributed by atoms with Crippen LogP contribution in [0.1, 0.15) is 0 Å². The summed E-state index contributed by atoms with van der Waals surface area (Å²) in [6.07, 6.45) is 3.76. The average Bonchev–Trinajstić information content (AvgIpc) is 2.80. The first-order chi connectivity index (χ1) is 8.75. The van der Waals surface area contributed by atoms with Gasteiger partial charge in [0.25, 0.3) is 0 Å². The molecule has 0 bridgehead atoms. The number of para-hydroxylation sites is 1. The van der Waals surface area contributed by atoms with Crippen molar-refractivity contribution in [1.29, 1.82) is 0 Å². The first kappa shape index (κ1) is 11.2. The number of pyridine rings is 1. The van der Waals surface area contributed by atoms with Crippen LogP contribution < -0.4 is 0 Å². The fourth-order valence-corrected chi connectivity index (χ4v) is 2.18. The molecule has 3 rings (SSSR count). The maximum absolute atomic E-state index is 4.43. The van der Waals surface area contributed by atoms with Crippen molar-refractivity contribution in [2.24, 2.45) is 0 Å². The largest absolute Gasteiger partial charge is 0.329 e. The van der Waals surface area contributed by atoms with Crippen molar-refractivity contribution in [1.82, 2.24) is 19.4 Å². The van der Waals surface area contributed by atoms with Crippen LogP contribution in [0.5, 0.6) is 0 Å². The summed E-state index contributed by atoms with van der Waals surface area (Å²) < 4.78 is 2.21. The van der Waals surface area contributed by atoms with Gasteiger partial charge in [-0.2, -0.15) is 0 Å². The van der Waals surface area contributed by atoms with Crippen molar-refractivity contribution in [3.05, 3.63) is 36.8 Å². The number of rotatable bonds is 3. The smallest absolute Gasteiger partial charge is 0.107 e. The van der Waals surface area contributed by atoms with Gasteiger partial charge in [-0.15, -0.1) is 0 Å². The normalized spacial score (nSPS) is 11.7. The van der Waals surface area contributed by atoms with E-state index in [1.165, 1.54) is 10.9 Å². The van der Waals surface area contributed by atoms with E-state index in [-0.39, 0.29) is 0 Å². The highest BCUT2D eigenvalue weighted by molar-refractivity contribution is 6.01. The zero-order valence-electron chi connectivity index (χ0n) is 10.7. The second kappa shape index (κ2) is 4.38. The lowest BCUT2D eigenvalue weighted by Crippen LogP contribution is -2.18. The van der Waals surface area contributed by atoms with E-state index in [1.54, 1.807) is 0 Å². The fraction of sp³-hybridized carbons (Fsp3) is 0.286. The number of hydrogen-bond donors (Lipinski definition) is 0. The molecule has 0 amide bonds. The zero-order chi connectivity index (χ0) is 12.5. The Labute approximate surface area is 106 Å². The summed E-state index contributed by atoms with van der Waals surface area (Å²) in [7, 11) is 4.16. The van der Waals surface area contributed by atoms with Crippen LogP contribution in [0, 0.1) is 0 Å². The van der Waals surface area contributed by atoms with Crippen molar-refractivity contribution in [3.63, 3.8) is 0 Å². The Bertz CT molecular complexity index is 684. The SMILES string of the molecule is CN(C)CCn1cnc2cnc3ccccc3c21. The van der Waals surface area contributed by atoms with Gasteiger partial charge in [-0.3, -0.25) is 4.98 Å². The quantitative estimate of drug-likeness (QED) is 0.703. The third-order valence-electron chi connectivity index (χ3n) is 3.14. The molecule has 3 aromatic rings. The molecule has 0 aliphatic heterocycles. The second-order valence-corrected chi connectivity index (χ2v) is 4.75. The molecule has 0 N–H and O–H groups in total. The maximum Gasteiger partial charge on any atom is 0.107 e. The summed E-state index contributed by atoms with van der Waals surface area (Å²) in [5, 5.41) is 1.17. The monoisotopic (exact) mass is 240 g/mol. The van der Waals surface area contributed by atoms with Gasteiger partial charge in [-0.05, 0) is 20.2 Å². The van der Waals surface area contributed by atoms with Gasteiger partial charge in [0.05, 0.1) is 23.6 Å². The summed E-state index contributed by atoms with van der Waals surface area (Å²) in [5.41, 5.74) is 3.17.